The minimum absolute atomic E-state index is 0.130. The van der Waals surface area contributed by atoms with Crippen LogP contribution in [0.4, 0.5) is 0 Å². The summed E-state index contributed by atoms with van der Waals surface area (Å²) in [5, 5.41) is 6.76. The van der Waals surface area contributed by atoms with Gasteiger partial charge in [-0.15, -0.1) is 11.3 Å². The van der Waals surface area contributed by atoms with E-state index in [4.69, 9.17) is 16.1 Å². The topological polar surface area (TPSA) is 62.5 Å². The standard InChI is InChI=1S/C21H23ClN4O2S/c1-15(16-5-2-3-6-17(16)22)25-10-12-26(13-11-25)20(27)9-8-19-23-21(24-28-19)18-7-4-14-29-18/h2-7,14-15H,8-13H2,1H3. The number of piperazine rings is 1. The maximum absolute atomic E-state index is 12.6. The summed E-state index contributed by atoms with van der Waals surface area (Å²) in [6, 6.07) is 12.1. The Bertz CT molecular complexity index is 951. The Hall–Kier alpha value is -2.22. The molecule has 1 fully saturated rings. The molecule has 1 aliphatic rings. The van der Waals surface area contributed by atoms with Crippen molar-refractivity contribution < 1.29 is 9.32 Å². The number of thiophene rings is 1. The highest BCUT2D eigenvalue weighted by atomic mass is 35.5. The van der Waals surface area contributed by atoms with E-state index in [9.17, 15) is 4.79 Å². The number of halogens is 1. The van der Waals surface area contributed by atoms with Gasteiger partial charge in [0.25, 0.3) is 0 Å². The summed E-state index contributed by atoms with van der Waals surface area (Å²) in [5.74, 6) is 1.23. The Labute approximate surface area is 179 Å². The van der Waals surface area contributed by atoms with E-state index < -0.39 is 0 Å². The zero-order chi connectivity index (χ0) is 20.2. The summed E-state index contributed by atoms with van der Waals surface area (Å²) < 4.78 is 5.29. The summed E-state index contributed by atoms with van der Waals surface area (Å²) in [6.07, 6.45) is 0.847. The molecule has 3 aromatic rings. The Morgan fingerprint density at radius 2 is 2.00 bits per heavy atom. The number of nitrogens with zero attached hydrogens (tertiary/aromatic N) is 4. The van der Waals surface area contributed by atoms with Crippen molar-refractivity contribution in [2.45, 2.75) is 25.8 Å². The minimum atomic E-state index is 0.130. The predicted molar refractivity (Wildman–Crippen MR) is 114 cm³/mol. The summed E-state index contributed by atoms with van der Waals surface area (Å²) in [7, 11) is 0. The largest absolute Gasteiger partial charge is 0.340 e. The van der Waals surface area contributed by atoms with Crippen molar-refractivity contribution in [2.75, 3.05) is 26.2 Å². The normalized spacial score (nSPS) is 16.1. The maximum atomic E-state index is 12.6. The number of aromatic nitrogens is 2. The molecule has 29 heavy (non-hydrogen) atoms. The van der Waals surface area contributed by atoms with Crippen molar-refractivity contribution in [3.63, 3.8) is 0 Å². The molecule has 0 aliphatic carbocycles. The van der Waals surface area contributed by atoms with Gasteiger partial charge in [-0.3, -0.25) is 9.69 Å². The van der Waals surface area contributed by atoms with Gasteiger partial charge in [-0.1, -0.05) is 41.0 Å². The second-order valence-electron chi connectivity index (χ2n) is 7.10. The lowest BCUT2D eigenvalue weighted by Crippen LogP contribution is -2.49. The summed E-state index contributed by atoms with van der Waals surface area (Å²) >= 11 is 7.91. The molecule has 8 heteroatoms. The van der Waals surface area contributed by atoms with E-state index in [1.54, 1.807) is 11.3 Å². The van der Waals surface area contributed by atoms with Crippen LogP contribution in [0.2, 0.25) is 5.02 Å². The molecule has 1 amide bonds. The summed E-state index contributed by atoms with van der Waals surface area (Å²) in [5.41, 5.74) is 1.13. The number of hydrogen-bond acceptors (Lipinski definition) is 6. The predicted octanol–water partition coefficient (Wildman–Crippen LogP) is 4.29. The quantitative estimate of drug-likeness (QED) is 0.583. The van der Waals surface area contributed by atoms with E-state index in [0.29, 0.717) is 24.6 Å². The zero-order valence-electron chi connectivity index (χ0n) is 16.3. The monoisotopic (exact) mass is 430 g/mol. The smallest absolute Gasteiger partial charge is 0.227 e. The third-order valence-electron chi connectivity index (χ3n) is 5.33. The summed E-state index contributed by atoms with van der Waals surface area (Å²) in [6.45, 7) is 5.28. The first-order chi connectivity index (χ1) is 14.1. The second kappa shape index (κ2) is 9.07. The number of rotatable bonds is 6. The highest BCUT2D eigenvalue weighted by molar-refractivity contribution is 7.13. The van der Waals surface area contributed by atoms with Gasteiger partial charge in [0.2, 0.25) is 17.6 Å². The highest BCUT2D eigenvalue weighted by Gasteiger charge is 2.25. The van der Waals surface area contributed by atoms with E-state index in [-0.39, 0.29) is 11.9 Å². The number of carbonyl (C=O) groups excluding carboxylic acids is 1. The van der Waals surface area contributed by atoms with Crippen molar-refractivity contribution in [2.24, 2.45) is 0 Å². The molecule has 0 radical (unpaired) electrons. The highest BCUT2D eigenvalue weighted by Crippen LogP contribution is 2.28. The number of aryl methyl sites for hydroxylation is 1. The van der Waals surface area contributed by atoms with Crippen molar-refractivity contribution in [3.05, 3.63) is 58.3 Å². The van der Waals surface area contributed by atoms with Crippen LogP contribution >= 0.6 is 22.9 Å². The molecule has 152 valence electrons. The molecule has 6 nitrogen and oxygen atoms in total. The molecule has 1 saturated heterocycles. The lowest BCUT2D eigenvalue weighted by atomic mass is 10.1. The molecule has 0 saturated carbocycles. The number of amides is 1. The van der Waals surface area contributed by atoms with Gasteiger partial charge < -0.3 is 9.42 Å². The van der Waals surface area contributed by atoms with Gasteiger partial charge in [0.05, 0.1) is 4.88 Å². The molecule has 2 aromatic heterocycles. The van der Waals surface area contributed by atoms with E-state index in [1.165, 1.54) is 0 Å². The third kappa shape index (κ3) is 4.69. The fourth-order valence-electron chi connectivity index (χ4n) is 3.60. The van der Waals surface area contributed by atoms with Crippen LogP contribution in [-0.2, 0) is 11.2 Å². The lowest BCUT2D eigenvalue weighted by Gasteiger charge is -2.38. The second-order valence-corrected chi connectivity index (χ2v) is 8.46. The van der Waals surface area contributed by atoms with E-state index >= 15 is 0 Å². The Kier molecular flexibility index (Phi) is 6.28. The van der Waals surface area contributed by atoms with Crippen LogP contribution in [0.15, 0.2) is 46.3 Å². The van der Waals surface area contributed by atoms with Gasteiger partial charge in [0, 0.05) is 50.1 Å². The first-order valence-electron chi connectivity index (χ1n) is 9.74. The van der Waals surface area contributed by atoms with Gasteiger partial charge in [-0.25, -0.2) is 0 Å². The average molecular weight is 431 g/mol. The number of benzene rings is 1. The van der Waals surface area contributed by atoms with Crippen LogP contribution in [0.1, 0.15) is 30.8 Å². The Balaban J connectivity index is 1.27. The molecule has 0 bridgehead atoms. The Morgan fingerprint density at radius 1 is 1.21 bits per heavy atom. The fourth-order valence-corrected chi connectivity index (χ4v) is 4.55. The molecular formula is C21H23ClN4O2S. The van der Waals surface area contributed by atoms with E-state index in [1.807, 2.05) is 40.6 Å². The molecule has 1 aromatic carbocycles. The molecule has 3 heterocycles. The Morgan fingerprint density at radius 3 is 2.72 bits per heavy atom. The lowest BCUT2D eigenvalue weighted by molar-refractivity contribution is -0.133. The number of hydrogen-bond donors (Lipinski definition) is 0. The first-order valence-corrected chi connectivity index (χ1v) is 11.0. The molecule has 0 spiro atoms. The van der Waals surface area contributed by atoms with Crippen molar-refractivity contribution in [1.82, 2.24) is 19.9 Å². The summed E-state index contributed by atoms with van der Waals surface area (Å²) in [4.78, 5) is 22.3. The van der Waals surface area contributed by atoms with E-state index in [0.717, 1.165) is 41.6 Å². The zero-order valence-corrected chi connectivity index (χ0v) is 17.8. The molecule has 1 aliphatic heterocycles. The van der Waals surface area contributed by atoms with Gasteiger partial charge in [-0.2, -0.15) is 4.98 Å². The minimum Gasteiger partial charge on any atom is -0.340 e. The van der Waals surface area contributed by atoms with Gasteiger partial charge in [0.15, 0.2) is 0 Å². The first kappa shape index (κ1) is 20.1. The van der Waals surface area contributed by atoms with Crippen LogP contribution in [0, 0.1) is 0 Å². The van der Waals surface area contributed by atoms with Crippen LogP contribution in [0.25, 0.3) is 10.7 Å². The van der Waals surface area contributed by atoms with Crippen molar-refractivity contribution in [3.8, 4) is 10.7 Å². The molecular weight excluding hydrogens is 408 g/mol. The average Bonchev–Trinajstić information content (AvgIpc) is 3.44. The van der Waals surface area contributed by atoms with Gasteiger partial charge >= 0.3 is 0 Å². The van der Waals surface area contributed by atoms with Crippen LogP contribution in [-0.4, -0.2) is 52.0 Å². The van der Waals surface area contributed by atoms with Crippen LogP contribution in [0.5, 0.6) is 0 Å². The van der Waals surface area contributed by atoms with Crippen LogP contribution in [0.3, 0.4) is 0 Å². The molecule has 1 unspecified atom stereocenters. The molecule has 1 atom stereocenters. The van der Waals surface area contributed by atoms with Crippen LogP contribution < -0.4 is 0 Å². The van der Waals surface area contributed by atoms with Gasteiger partial charge in [0.1, 0.15) is 0 Å². The fraction of sp³-hybridized carbons (Fsp3) is 0.381. The molecule has 4 rings (SSSR count). The van der Waals surface area contributed by atoms with E-state index in [2.05, 4.69) is 28.0 Å². The maximum Gasteiger partial charge on any atom is 0.227 e. The third-order valence-corrected chi connectivity index (χ3v) is 6.54. The van der Waals surface area contributed by atoms with Gasteiger partial charge in [-0.05, 0) is 30.0 Å². The van der Waals surface area contributed by atoms with Crippen molar-refractivity contribution >= 4 is 28.8 Å². The van der Waals surface area contributed by atoms with Crippen molar-refractivity contribution in [1.29, 1.82) is 0 Å². The number of carbonyl (C=O) groups is 1. The SMILES string of the molecule is CC(c1ccccc1Cl)N1CCN(C(=O)CCc2nc(-c3cccs3)no2)CC1. The molecule has 0 N–H and O–H groups in total.